The maximum Gasteiger partial charge on any atom is 0.341 e. The van der Waals surface area contributed by atoms with Crippen LogP contribution in [0.2, 0.25) is 10.0 Å². The summed E-state index contributed by atoms with van der Waals surface area (Å²) in [6, 6.07) is 20.4. The highest BCUT2D eigenvalue weighted by molar-refractivity contribution is 8.00. The van der Waals surface area contributed by atoms with E-state index in [0.717, 1.165) is 34.6 Å². The van der Waals surface area contributed by atoms with Crippen LogP contribution in [-0.2, 0) is 27.2 Å². The lowest BCUT2D eigenvalue weighted by atomic mass is 9.88. The maximum atomic E-state index is 13.5. The number of carbonyl (C=O) groups is 4. The maximum absolute atomic E-state index is 13.5. The number of thiophene rings is 1. The van der Waals surface area contributed by atoms with Gasteiger partial charge in [0.15, 0.2) is 0 Å². The van der Waals surface area contributed by atoms with E-state index in [4.69, 9.17) is 27.9 Å². The van der Waals surface area contributed by atoms with Gasteiger partial charge in [0.1, 0.15) is 10.7 Å². The van der Waals surface area contributed by atoms with Gasteiger partial charge >= 0.3 is 5.97 Å². The van der Waals surface area contributed by atoms with Gasteiger partial charge in [0.2, 0.25) is 5.91 Å². The number of rotatable bonds is 11. The minimum Gasteiger partial charge on any atom is -0.462 e. The fourth-order valence-electron chi connectivity index (χ4n) is 5.17. The number of hydrogen-bond donors (Lipinski definition) is 3. The van der Waals surface area contributed by atoms with Crippen LogP contribution in [0.25, 0.3) is 6.08 Å². The van der Waals surface area contributed by atoms with E-state index in [1.807, 2.05) is 6.07 Å². The number of fused-ring (bicyclic) bond motifs is 1. The number of carbonyl (C=O) groups excluding carboxylic acids is 4. The first-order valence-corrected chi connectivity index (χ1v) is 17.9. The van der Waals surface area contributed by atoms with Gasteiger partial charge in [-0.1, -0.05) is 60.5 Å². The molecule has 12 heteroatoms. The van der Waals surface area contributed by atoms with Crippen LogP contribution in [0.5, 0.6) is 0 Å². The topological polar surface area (TPSA) is 114 Å². The van der Waals surface area contributed by atoms with Crippen molar-refractivity contribution in [2.75, 3.05) is 23.0 Å². The largest absolute Gasteiger partial charge is 0.462 e. The Morgan fingerprint density at radius 2 is 1.71 bits per heavy atom. The molecule has 0 fully saturated rings. The predicted molar refractivity (Wildman–Crippen MR) is 194 cm³/mol. The van der Waals surface area contributed by atoms with Crippen molar-refractivity contribution in [1.29, 1.82) is 0 Å². The molecule has 0 bridgehead atoms. The van der Waals surface area contributed by atoms with Crippen LogP contribution in [0.4, 0.5) is 10.7 Å². The van der Waals surface area contributed by atoms with Gasteiger partial charge in [0, 0.05) is 36.6 Å². The second kappa shape index (κ2) is 16.3. The summed E-state index contributed by atoms with van der Waals surface area (Å²) < 4.78 is 5.32. The Bertz CT molecular complexity index is 1860. The average molecular weight is 723 g/mol. The zero-order valence-corrected chi connectivity index (χ0v) is 29.4. The monoisotopic (exact) mass is 721 g/mol. The molecule has 1 aliphatic rings. The van der Waals surface area contributed by atoms with Gasteiger partial charge in [-0.2, -0.15) is 0 Å². The van der Waals surface area contributed by atoms with Crippen molar-refractivity contribution in [3.05, 3.63) is 116 Å². The van der Waals surface area contributed by atoms with Crippen molar-refractivity contribution in [2.24, 2.45) is 5.92 Å². The minimum atomic E-state index is -0.599. The van der Waals surface area contributed by atoms with Gasteiger partial charge in [-0.3, -0.25) is 14.4 Å². The molecule has 248 valence electrons. The standard InChI is InChI=1S/C36H33Cl2N3O5S2/c1-3-46-36(45)32-25-16-15-21(2)17-30(25)48-35(32)41-31(42)20-47-24-12-7-11-23(18-24)39-34(44)29(19-26-27(37)13-8-14-28(26)38)40-33(43)22-9-5-4-6-10-22/h4-14,18-19,21H,3,15-17,20H2,1-2H3,(H,39,44)(H,40,43)(H,41,42)/b29-19+. The van der Waals surface area contributed by atoms with Crippen LogP contribution < -0.4 is 16.0 Å². The van der Waals surface area contributed by atoms with E-state index in [0.29, 0.717) is 43.3 Å². The number of esters is 1. The van der Waals surface area contributed by atoms with E-state index in [2.05, 4.69) is 22.9 Å². The molecule has 3 aromatic carbocycles. The highest BCUT2D eigenvalue weighted by atomic mass is 35.5. The summed E-state index contributed by atoms with van der Waals surface area (Å²) in [6.45, 7) is 4.20. The molecule has 1 heterocycles. The Balaban J connectivity index is 1.29. The van der Waals surface area contributed by atoms with Crippen LogP contribution >= 0.6 is 46.3 Å². The molecule has 1 aliphatic carbocycles. The van der Waals surface area contributed by atoms with Crippen LogP contribution in [0.1, 0.15) is 57.0 Å². The molecule has 0 spiro atoms. The third-order valence-electron chi connectivity index (χ3n) is 7.52. The molecule has 5 rings (SSSR count). The highest BCUT2D eigenvalue weighted by Crippen LogP contribution is 2.40. The summed E-state index contributed by atoms with van der Waals surface area (Å²) in [7, 11) is 0. The summed E-state index contributed by atoms with van der Waals surface area (Å²) in [5, 5.41) is 9.57. The second-order valence-corrected chi connectivity index (χ2v) is 14.1. The van der Waals surface area contributed by atoms with E-state index in [1.54, 1.807) is 73.7 Å². The number of anilines is 2. The fourth-order valence-corrected chi connectivity index (χ4v) is 7.84. The smallest absolute Gasteiger partial charge is 0.341 e. The van der Waals surface area contributed by atoms with Crippen molar-refractivity contribution < 1.29 is 23.9 Å². The molecule has 4 aromatic rings. The molecule has 0 aliphatic heterocycles. The van der Waals surface area contributed by atoms with E-state index >= 15 is 0 Å². The number of nitrogens with one attached hydrogen (secondary N) is 3. The number of halogens is 2. The lowest BCUT2D eigenvalue weighted by molar-refractivity contribution is -0.114. The Morgan fingerprint density at radius 1 is 0.979 bits per heavy atom. The number of ether oxygens (including phenoxy) is 1. The van der Waals surface area contributed by atoms with Crippen molar-refractivity contribution in [1.82, 2.24) is 5.32 Å². The molecular formula is C36H33Cl2N3O5S2. The van der Waals surface area contributed by atoms with E-state index in [-0.39, 0.29) is 24.0 Å². The van der Waals surface area contributed by atoms with Crippen LogP contribution in [-0.4, -0.2) is 36.1 Å². The first kappa shape index (κ1) is 35.2. The zero-order valence-electron chi connectivity index (χ0n) is 26.2. The van der Waals surface area contributed by atoms with Crippen molar-refractivity contribution >= 4 is 86.8 Å². The van der Waals surface area contributed by atoms with E-state index in [9.17, 15) is 19.2 Å². The van der Waals surface area contributed by atoms with Gasteiger partial charge < -0.3 is 20.7 Å². The third kappa shape index (κ3) is 8.87. The number of amides is 3. The predicted octanol–water partition coefficient (Wildman–Crippen LogP) is 8.50. The first-order valence-electron chi connectivity index (χ1n) is 15.3. The van der Waals surface area contributed by atoms with Crippen LogP contribution in [0.15, 0.2) is 83.4 Å². The fraction of sp³-hybridized carbons (Fsp3) is 0.222. The van der Waals surface area contributed by atoms with Gasteiger partial charge in [0.05, 0.1) is 17.9 Å². The molecule has 3 amide bonds. The molecule has 0 saturated heterocycles. The van der Waals surface area contributed by atoms with Gasteiger partial charge in [-0.05, 0) is 86.2 Å². The summed E-state index contributed by atoms with van der Waals surface area (Å²) in [5.41, 5.74) is 2.56. The highest BCUT2D eigenvalue weighted by Gasteiger charge is 2.29. The Morgan fingerprint density at radius 3 is 2.44 bits per heavy atom. The molecule has 48 heavy (non-hydrogen) atoms. The van der Waals surface area contributed by atoms with Crippen molar-refractivity contribution in [3.8, 4) is 0 Å². The average Bonchev–Trinajstić information content (AvgIpc) is 3.42. The molecule has 1 atom stereocenters. The van der Waals surface area contributed by atoms with E-state index < -0.39 is 17.8 Å². The molecule has 3 N–H and O–H groups in total. The summed E-state index contributed by atoms with van der Waals surface area (Å²) in [6.07, 6.45) is 4.06. The molecule has 0 saturated carbocycles. The molecule has 0 radical (unpaired) electrons. The second-order valence-electron chi connectivity index (χ2n) is 11.1. The van der Waals surface area contributed by atoms with Crippen LogP contribution in [0, 0.1) is 5.92 Å². The molecule has 1 aromatic heterocycles. The quantitative estimate of drug-likeness (QED) is 0.0813. The SMILES string of the molecule is CCOC(=O)c1c(NC(=O)CSc2cccc(NC(=O)/C(=C\c3c(Cl)cccc3Cl)NC(=O)c3ccccc3)c2)sc2c1CCC(C)C2. The lowest BCUT2D eigenvalue weighted by Gasteiger charge is -2.18. The molecular weight excluding hydrogens is 689 g/mol. The third-order valence-corrected chi connectivity index (χ3v) is 10.3. The molecule has 1 unspecified atom stereocenters. The van der Waals surface area contributed by atoms with E-state index in [1.165, 1.54) is 29.2 Å². The first-order chi connectivity index (χ1) is 23.1. The Kier molecular flexibility index (Phi) is 12.0. The molecule has 8 nitrogen and oxygen atoms in total. The number of benzene rings is 3. The van der Waals surface area contributed by atoms with Crippen molar-refractivity contribution in [3.63, 3.8) is 0 Å². The van der Waals surface area contributed by atoms with Gasteiger partial charge in [-0.15, -0.1) is 23.1 Å². The summed E-state index contributed by atoms with van der Waals surface area (Å²) >= 11 is 15.4. The summed E-state index contributed by atoms with van der Waals surface area (Å²) in [5.74, 6) is -1.18. The number of thioether (sulfide) groups is 1. The Labute approximate surface area is 297 Å². The minimum absolute atomic E-state index is 0.0678. The van der Waals surface area contributed by atoms with Crippen LogP contribution in [0.3, 0.4) is 0 Å². The lowest BCUT2D eigenvalue weighted by Crippen LogP contribution is -2.30. The number of hydrogen-bond acceptors (Lipinski definition) is 7. The normalized spacial score (nSPS) is 14.1. The zero-order chi connectivity index (χ0) is 34.2. The van der Waals surface area contributed by atoms with Crippen molar-refractivity contribution in [2.45, 2.75) is 38.0 Å². The van der Waals surface area contributed by atoms with Gasteiger partial charge in [0.25, 0.3) is 11.8 Å². The Hall–Kier alpha value is -4.09. The summed E-state index contributed by atoms with van der Waals surface area (Å²) in [4.78, 5) is 54.3. The van der Waals surface area contributed by atoms with Gasteiger partial charge in [-0.25, -0.2) is 4.79 Å².